The molecule has 0 radical (unpaired) electrons. The minimum atomic E-state index is -0.760. The highest BCUT2D eigenvalue weighted by Gasteiger charge is 2.19. The predicted octanol–water partition coefficient (Wildman–Crippen LogP) is 18.3. The van der Waals surface area contributed by atoms with Gasteiger partial charge in [-0.3, -0.25) is 14.4 Å². The molecular formula is C57H106O6. The second-order valence-corrected chi connectivity index (χ2v) is 18.9. The zero-order valence-electron chi connectivity index (χ0n) is 42.4. The number of unbranched alkanes of at least 4 members (excludes halogenated alkanes) is 36. The van der Waals surface area contributed by atoms with Crippen LogP contribution in [-0.4, -0.2) is 37.2 Å². The number of allylic oxidation sites excluding steroid dienone is 4. The van der Waals surface area contributed by atoms with Gasteiger partial charge in [0, 0.05) is 19.3 Å². The lowest BCUT2D eigenvalue weighted by molar-refractivity contribution is -0.167. The van der Waals surface area contributed by atoms with Crippen molar-refractivity contribution in [2.75, 3.05) is 13.2 Å². The van der Waals surface area contributed by atoms with Gasteiger partial charge in [-0.2, -0.15) is 0 Å². The summed E-state index contributed by atoms with van der Waals surface area (Å²) in [7, 11) is 0. The Morgan fingerprint density at radius 1 is 0.317 bits per heavy atom. The van der Waals surface area contributed by atoms with Crippen LogP contribution in [-0.2, 0) is 28.6 Å². The largest absolute Gasteiger partial charge is 0.462 e. The minimum Gasteiger partial charge on any atom is -0.462 e. The van der Waals surface area contributed by atoms with Crippen molar-refractivity contribution in [2.45, 2.75) is 309 Å². The van der Waals surface area contributed by atoms with Gasteiger partial charge in [-0.1, -0.05) is 257 Å². The standard InChI is InChI=1S/C57H106O6/c1-4-7-10-13-16-17-18-19-20-21-22-23-24-25-26-27-28-29-30-31-32-33-34-35-36-37-38-39-42-44-47-50-56(59)62-53-54(63-57(60)51-48-45-41-15-12-9-6-3)52-61-55(58)49-46-43-40-14-11-8-5-2/h18-19,21-22,54H,4-17,20,23-53H2,1-3H3/b19-18-,22-21-. The second kappa shape index (κ2) is 52.5. The SMILES string of the molecule is CCCCCCC/C=C\C/C=C\CCCCCCCCCCCCCCCCCCCCCC(=O)OCC(COC(=O)CCCCCCCCC)OC(=O)CCCCCCCCC. The summed E-state index contributed by atoms with van der Waals surface area (Å²) >= 11 is 0. The highest BCUT2D eigenvalue weighted by Crippen LogP contribution is 2.17. The molecule has 370 valence electrons. The summed E-state index contributed by atoms with van der Waals surface area (Å²) in [6, 6.07) is 0. The lowest BCUT2D eigenvalue weighted by Crippen LogP contribution is -2.30. The summed E-state index contributed by atoms with van der Waals surface area (Å²) in [4.78, 5) is 37.6. The number of hydrogen-bond acceptors (Lipinski definition) is 6. The van der Waals surface area contributed by atoms with Gasteiger partial charge in [0.05, 0.1) is 0 Å². The van der Waals surface area contributed by atoms with Crippen molar-refractivity contribution in [1.29, 1.82) is 0 Å². The summed E-state index contributed by atoms with van der Waals surface area (Å²) in [6.45, 7) is 6.57. The van der Waals surface area contributed by atoms with E-state index in [0.29, 0.717) is 19.3 Å². The maximum atomic E-state index is 12.6. The van der Waals surface area contributed by atoms with Gasteiger partial charge in [0.1, 0.15) is 13.2 Å². The molecule has 0 aliphatic heterocycles. The molecule has 0 bridgehead atoms. The van der Waals surface area contributed by atoms with Gasteiger partial charge in [0.15, 0.2) is 6.10 Å². The first-order chi connectivity index (χ1) is 31.0. The Hall–Kier alpha value is -2.11. The van der Waals surface area contributed by atoms with E-state index in [1.54, 1.807) is 0 Å². The topological polar surface area (TPSA) is 78.9 Å². The van der Waals surface area contributed by atoms with E-state index in [-0.39, 0.29) is 31.1 Å². The van der Waals surface area contributed by atoms with Gasteiger partial charge in [0.2, 0.25) is 0 Å². The Bertz CT molecular complexity index is 1020. The van der Waals surface area contributed by atoms with E-state index in [4.69, 9.17) is 14.2 Å². The van der Waals surface area contributed by atoms with Crippen molar-refractivity contribution < 1.29 is 28.6 Å². The van der Waals surface area contributed by atoms with Crippen LogP contribution in [0, 0.1) is 0 Å². The van der Waals surface area contributed by atoms with Crippen LogP contribution in [0.25, 0.3) is 0 Å². The predicted molar refractivity (Wildman–Crippen MR) is 270 cm³/mol. The van der Waals surface area contributed by atoms with Crippen LogP contribution in [0.5, 0.6) is 0 Å². The van der Waals surface area contributed by atoms with Crippen molar-refractivity contribution in [1.82, 2.24) is 0 Å². The number of esters is 3. The maximum absolute atomic E-state index is 12.6. The highest BCUT2D eigenvalue weighted by atomic mass is 16.6. The van der Waals surface area contributed by atoms with Crippen LogP contribution in [0.3, 0.4) is 0 Å². The fourth-order valence-electron chi connectivity index (χ4n) is 8.24. The number of carbonyl (C=O) groups excluding carboxylic acids is 3. The van der Waals surface area contributed by atoms with Gasteiger partial charge >= 0.3 is 17.9 Å². The lowest BCUT2D eigenvalue weighted by atomic mass is 10.0. The average molecular weight is 887 g/mol. The molecule has 0 fully saturated rings. The molecule has 0 spiro atoms. The summed E-state index contributed by atoms with van der Waals surface area (Å²) in [6.07, 6.45) is 60.9. The molecule has 0 saturated heterocycles. The summed E-state index contributed by atoms with van der Waals surface area (Å²) in [5.74, 6) is -0.868. The first-order valence-corrected chi connectivity index (χ1v) is 27.8. The molecule has 63 heavy (non-hydrogen) atoms. The van der Waals surface area contributed by atoms with Crippen molar-refractivity contribution in [3.05, 3.63) is 24.3 Å². The molecule has 0 aliphatic rings. The van der Waals surface area contributed by atoms with Gasteiger partial charge in [-0.15, -0.1) is 0 Å². The van der Waals surface area contributed by atoms with Crippen LogP contribution >= 0.6 is 0 Å². The third-order valence-electron chi connectivity index (χ3n) is 12.5. The Labute approximate surface area is 392 Å². The smallest absolute Gasteiger partial charge is 0.306 e. The number of hydrogen-bond donors (Lipinski definition) is 0. The average Bonchev–Trinajstić information content (AvgIpc) is 3.28. The molecule has 0 N–H and O–H groups in total. The molecule has 1 atom stereocenters. The fraction of sp³-hybridized carbons (Fsp3) is 0.877. The number of carbonyl (C=O) groups is 3. The van der Waals surface area contributed by atoms with E-state index in [9.17, 15) is 14.4 Å². The van der Waals surface area contributed by atoms with Crippen LogP contribution < -0.4 is 0 Å². The zero-order valence-corrected chi connectivity index (χ0v) is 42.4. The third-order valence-corrected chi connectivity index (χ3v) is 12.5. The Kier molecular flexibility index (Phi) is 50.8. The molecule has 0 aliphatic carbocycles. The molecule has 0 aromatic rings. The van der Waals surface area contributed by atoms with Gasteiger partial charge in [0.25, 0.3) is 0 Å². The quantitative estimate of drug-likeness (QED) is 0.0262. The van der Waals surface area contributed by atoms with Crippen LogP contribution in [0.1, 0.15) is 303 Å². The first kappa shape index (κ1) is 60.9. The molecule has 1 unspecified atom stereocenters. The monoisotopic (exact) mass is 887 g/mol. The maximum Gasteiger partial charge on any atom is 0.306 e. The Morgan fingerprint density at radius 3 is 0.873 bits per heavy atom. The molecule has 0 amide bonds. The van der Waals surface area contributed by atoms with Crippen molar-refractivity contribution in [3.63, 3.8) is 0 Å². The van der Waals surface area contributed by atoms with Crippen LogP contribution in [0.4, 0.5) is 0 Å². The summed E-state index contributed by atoms with van der Waals surface area (Å²) < 4.78 is 16.6. The fourth-order valence-corrected chi connectivity index (χ4v) is 8.24. The van der Waals surface area contributed by atoms with Crippen molar-refractivity contribution >= 4 is 17.9 Å². The Balaban J connectivity index is 3.84. The molecule has 0 aromatic carbocycles. The molecule has 0 rings (SSSR count). The first-order valence-electron chi connectivity index (χ1n) is 27.8. The molecule has 6 heteroatoms. The van der Waals surface area contributed by atoms with Gasteiger partial charge in [-0.25, -0.2) is 0 Å². The number of ether oxygens (including phenoxy) is 3. The summed E-state index contributed by atoms with van der Waals surface area (Å²) in [5.41, 5.74) is 0. The van der Waals surface area contributed by atoms with Crippen molar-refractivity contribution in [3.8, 4) is 0 Å². The zero-order chi connectivity index (χ0) is 45.8. The van der Waals surface area contributed by atoms with Crippen molar-refractivity contribution in [2.24, 2.45) is 0 Å². The number of rotatable bonds is 51. The van der Waals surface area contributed by atoms with Crippen LogP contribution in [0.2, 0.25) is 0 Å². The molecule has 6 nitrogen and oxygen atoms in total. The highest BCUT2D eigenvalue weighted by molar-refractivity contribution is 5.71. The van der Waals surface area contributed by atoms with E-state index in [1.165, 1.54) is 199 Å². The van der Waals surface area contributed by atoms with Gasteiger partial charge in [-0.05, 0) is 51.4 Å². The van der Waals surface area contributed by atoms with Gasteiger partial charge < -0.3 is 14.2 Å². The molecular weight excluding hydrogens is 781 g/mol. The van der Waals surface area contributed by atoms with E-state index in [1.807, 2.05) is 0 Å². The molecule has 0 saturated carbocycles. The minimum absolute atomic E-state index is 0.0664. The lowest BCUT2D eigenvalue weighted by Gasteiger charge is -2.18. The normalized spacial score (nSPS) is 12.1. The van der Waals surface area contributed by atoms with E-state index in [0.717, 1.165) is 64.2 Å². The van der Waals surface area contributed by atoms with Crippen LogP contribution in [0.15, 0.2) is 24.3 Å². The van der Waals surface area contributed by atoms with E-state index < -0.39 is 6.10 Å². The molecule has 0 aromatic heterocycles. The summed E-state index contributed by atoms with van der Waals surface area (Å²) in [5, 5.41) is 0. The Morgan fingerprint density at radius 2 is 0.571 bits per heavy atom. The third kappa shape index (κ3) is 50.7. The second-order valence-electron chi connectivity index (χ2n) is 18.9. The molecule has 0 heterocycles. The van der Waals surface area contributed by atoms with E-state index >= 15 is 0 Å². The van der Waals surface area contributed by atoms with E-state index in [2.05, 4.69) is 45.1 Å².